The molecule has 0 saturated heterocycles. The smallest absolute Gasteiger partial charge is 0.250 e. The molecule has 0 unspecified atom stereocenters. The summed E-state index contributed by atoms with van der Waals surface area (Å²) in [5.41, 5.74) is 8.01. The number of benzene rings is 1. The number of pyridine rings is 1. The quantitative estimate of drug-likeness (QED) is 0.774. The Balaban J connectivity index is 2.21. The number of hydrogen-bond acceptors (Lipinski definition) is 4. The van der Waals surface area contributed by atoms with Gasteiger partial charge in [-0.3, -0.25) is 4.79 Å². The van der Waals surface area contributed by atoms with Crippen molar-refractivity contribution in [1.29, 1.82) is 0 Å². The zero-order chi connectivity index (χ0) is 15.0. The highest BCUT2D eigenvalue weighted by Gasteiger charge is 2.18. The number of nitrogens with zero attached hydrogens (tertiary/aromatic N) is 2. The molecule has 0 fully saturated rings. The minimum absolute atomic E-state index is 0.123. The van der Waals surface area contributed by atoms with Gasteiger partial charge in [-0.1, -0.05) is 33.2 Å². The van der Waals surface area contributed by atoms with E-state index in [2.05, 4.69) is 21.1 Å². The first-order chi connectivity index (χ1) is 10.1. The summed E-state index contributed by atoms with van der Waals surface area (Å²) in [6.07, 6.45) is 1.68. The molecule has 0 saturated carbocycles. The Morgan fingerprint density at radius 2 is 2.05 bits per heavy atom. The molecule has 0 aliphatic rings. The summed E-state index contributed by atoms with van der Waals surface area (Å²) >= 11 is 3.43. The number of nitrogen functional groups attached to an aromatic ring is 1. The van der Waals surface area contributed by atoms with Crippen molar-refractivity contribution < 1.29 is 4.52 Å². The fourth-order valence-corrected chi connectivity index (χ4v) is 2.51. The molecule has 2 N–H and O–H groups in total. The van der Waals surface area contributed by atoms with Gasteiger partial charge in [0.1, 0.15) is 0 Å². The number of nitrogens with two attached hydrogens (primary N) is 1. The Hall–Kier alpha value is -2.34. The summed E-state index contributed by atoms with van der Waals surface area (Å²) < 4.78 is 7.75. The number of aryl methyl sites for hydroxylation is 1. The molecule has 0 bridgehead atoms. The van der Waals surface area contributed by atoms with Gasteiger partial charge in [0.2, 0.25) is 0 Å². The van der Waals surface area contributed by atoms with Gasteiger partial charge in [0.25, 0.3) is 5.56 Å². The van der Waals surface area contributed by atoms with Crippen LogP contribution < -0.4 is 11.3 Å². The van der Waals surface area contributed by atoms with Crippen LogP contribution in [0, 0.1) is 0 Å². The zero-order valence-corrected chi connectivity index (χ0v) is 12.8. The molecule has 1 aromatic carbocycles. The average Bonchev–Trinajstić information content (AvgIpc) is 2.84. The summed E-state index contributed by atoms with van der Waals surface area (Å²) in [5.74, 6) is 0.784. The third-order valence-corrected chi connectivity index (χ3v) is 3.69. The van der Waals surface area contributed by atoms with E-state index in [4.69, 9.17) is 10.3 Å². The lowest BCUT2D eigenvalue weighted by Crippen LogP contribution is -2.14. The van der Waals surface area contributed by atoms with Gasteiger partial charge in [-0.15, -0.1) is 0 Å². The fourth-order valence-electron chi connectivity index (χ4n) is 2.11. The molecule has 0 atom stereocenters. The topological polar surface area (TPSA) is 74.1 Å². The molecule has 6 heteroatoms. The van der Waals surface area contributed by atoms with Crippen LogP contribution in [0.5, 0.6) is 0 Å². The van der Waals surface area contributed by atoms with Crippen LogP contribution >= 0.6 is 15.9 Å². The number of hydrogen-bond donors (Lipinski definition) is 1. The van der Waals surface area contributed by atoms with Crippen molar-refractivity contribution in [1.82, 2.24) is 9.72 Å². The SMILES string of the molecule is Cn1ccc(-c2onc(N)c2-c2cccc(Br)c2)cc1=O. The van der Waals surface area contributed by atoms with E-state index in [1.54, 1.807) is 19.3 Å². The molecule has 2 heterocycles. The van der Waals surface area contributed by atoms with Crippen LogP contribution in [0.2, 0.25) is 0 Å². The van der Waals surface area contributed by atoms with Gasteiger partial charge in [0.15, 0.2) is 11.6 Å². The third-order valence-electron chi connectivity index (χ3n) is 3.20. The van der Waals surface area contributed by atoms with Gasteiger partial charge in [-0.05, 0) is 23.8 Å². The lowest BCUT2D eigenvalue weighted by atomic mass is 10.0. The zero-order valence-electron chi connectivity index (χ0n) is 11.2. The maximum Gasteiger partial charge on any atom is 0.250 e. The Morgan fingerprint density at radius 3 is 2.76 bits per heavy atom. The average molecular weight is 346 g/mol. The van der Waals surface area contributed by atoms with E-state index in [1.807, 2.05) is 24.3 Å². The highest BCUT2D eigenvalue weighted by atomic mass is 79.9. The van der Waals surface area contributed by atoms with Crippen molar-refractivity contribution in [2.75, 3.05) is 5.73 Å². The van der Waals surface area contributed by atoms with Gasteiger partial charge in [-0.25, -0.2) is 0 Å². The van der Waals surface area contributed by atoms with E-state index in [-0.39, 0.29) is 5.56 Å². The van der Waals surface area contributed by atoms with Gasteiger partial charge < -0.3 is 14.8 Å². The van der Waals surface area contributed by atoms with Crippen LogP contribution in [0.1, 0.15) is 0 Å². The first-order valence-corrected chi connectivity index (χ1v) is 7.03. The number of aromatic nitrogens is 2. The van der Waals surface area contributed by atoms with E-state index in [1.165, 1.54) is 10.6 Å². The van der Waals surface area contributed by atoms with Crippen LogP contribution in [0.25, 0.3) is 22.5 Å². The van der Waals surface area contributed by atoms with Gasteiger partial charge in [-0.2, -0.15) is 0 Å². The Labute approximate surface area is 129 Å². The third kappa shape index (κ3) is 2.50. The fraction of sp³-hybridized carbons (Fsp3) is 0.0667. The second kappa shape index (κ2) is 5.21. The van der Waals surface area contributed by atoms with Crippen molar-refractivity contribution in [2.45, 2.75) is 0 Å². The number of rotatable bonds is 2. The number of anilines is 1. The Kier molecular flexibility index (Phi) is 3.39. The van der Waals surface area contributed by atoms with Crippen molar-refractivity contribution in [2.24, 2.45) is 7.05 Å². The largest absolute Gasteiger partial charge is 0.380 e. The summed E-state index contributed by atoms with van der Waals surface area (Å²) in [6.45, 7) is 0. The van der Waals surface area contributed by atoms with E-state index >= 15 is 0 Å². The van der Waals surface area contributed by atoms with Gasteiger partial charge in [0, 0.05) is 29.3 Å². The standard InChI is InChI=1S/C15H12BrN3O2/c1-19-6-5-10(8-12(19)20)14-13(15(17)18-21-14)9-3-2-4-11(16)7-9/h2-8H,1H3,(H2,17,18). The predicted octanol–water partition coefficient (Wildman–Crippen LogP) is 3.05. The predicted molar refractivity (Wildman–Crippen MR) is 84.7 cm³/mol. The Bertz CT molecular complexity index is 867. The number of halogens is 1. The molecule has 0 radical (unpaired) electrons. The lowest BCUT2D eigenvalue weighted by Gasteiger charge is -2.04. The molecule has 5 nitrogen and oxygen atoms in total. The molecule has 3 aromatic rings. The summed E-state index contributed by atoms with van der Waals surface area (Å²) in [5, 5.41) is 3.83. The summed E-state index contributed by atoms with van der Waals surface area (Å²) in [6, 6.07) is 11.0. The first-order valence-electron chi connectivity index (χ1n) is 6.24. The molecule has 0 aliphatic heterocycles. The van der Waals surface area contributed by atoms with Crippen LogP contribution in [0.15, 0.2) is 56.4 Å². The van der Waals surface area contributed by atoms with Gasteiger partial charge in [0.05, 0.1) is 5.56 Å². The second-order valence-electron chi connectivity index (χ2n) is 4.65. The molecule has 0 spiro atoms. The van der Waals surface area contributed by atoms with Crippen molar-refractivity contribution in [3.63, 3.8) is 0 Å². The highest BCUT2D eigenvalue weighted by Crippen LogP contribution is 2.36. The second-order valence-corrected chi connectivity index (χ2v) is 5.56. The maximum absolute atomic E-state index is 11.8. The molecule has 21 heavy (non-hydrogen) atoms. The first kappa shape index (κ1) is 13.6. The molecule has 3 rings (SSSR count). The monoisotopic (exact) mass is 345 g/mol. The van der Waals surface area contributed by atoms with Gasteiger partial charge >= 0.3 is 0 Å². The van der Waals surface area contributed by atoms with Crippen LogP contribution in [0.4, 0.5) is 5.82 Å². The minimum Gasteiger partial charge on any atom is -0.380 e. The summed E-state index contributed by atoms with van der Waals surface area (Å²) in [4.78, 5) is 11.8. The molecule has 2 aromatic heterocycles. The molecule has 0 aliphatic carbocycles. The molecular formula is C15H12BrN3O2. The minimum atomic E-state index is -0.123. The van der Waals surface area contributed by atoms with Crippen molar-refractivity contribution in [3.8, 4) is 22.5 Å². The van der Waals surface area contributed by atoms with E-state index < -0.39 is 0 Å². The van der Waals surface area contributed by atoms with Crippen molar-refractivity contribution in [3.05, 3.63) is 57.4 Å². The molecule has 0 amide bonds. The highest BCUT2D eigenvalue weighted by molar-refractivity contribution is 9.10. The van der Waals surface area contributed by atoms with E-state index in [0.29, 0.717) is 22.7 Å². The van der Waals surface area contributed by atoms with E-state index in [0.717, 1.165) is 10.0 Å². The van der Waals surface area contributed by atoms with Crippen molar-refractivity contribution >= 4 is 21.7 Å². The Morgan fingerprint density at radius 1 is 1.24 bits per heavy atom. The molecule has 106 valence electrons. The van der Waals surface area contributed by atoms with Crippen LogP contribution in [0.3, 0.4) is 0 Å². The maximum atomic E-state index is 11.8. The van der Waals surface area contributed by atoms with E-state index in [9.17, 15) is 4.79 Å². The summed E-state index contributed by atoms with van der Waals surface area (Å²) in [7, 11) is 1.69. The van der Waals surface area contributed by atoms with Crippen LogP contribution in [-0.4, -0.2) is 9.72 Å². The molecular weight excluding hydrogens is 334 g/mol. The lowest BCUT2D eigenvalue weighted by molar-refractivity contribution is 0.436. The van der Waals surface area contributed by atoms with Crippen LogP contribution in [-0.2, 0) is 7.05 Å². The normalized spacial score (nSPS) is 10.8.